The lowest BCUT2D eigenvalue weighted by molar-refractivity contribution is 0.0427. The van der Waals surface area contributed by atoms with Gasteiger partial charge in [-0.15, -0.1) is 0 Å². The lowest BCUT2D eigenvalue weighted by Gasteiger charge is -2.27. The van der Waals surface area contributed by atoms with Gasteiger partial charge in [0.1, 0.15) is 5.60 Å². The molecular formula is C11H13ClOS. The molecule has 14 heavy (non-hydrogen) atoms. The number of aliphatic hydroxyl groups is 1. The average molecular weight is 229 g/mol. The molecule has 1 fully saturated rings. The Kier molecular flexibility index (Phi) is 2.78. The van der Waals surface area contributed by atoms with Crippen LogP contribution in [0.4, 0.5) is 0 Å². The maximum Gasteiger partial charge on any atom is 0.102 e. The summed E-state index contributed by atoms with van der Waals surface area (Å²) < 4.78 is 0. The minimum absolute atomic E-state index is 0.251. The van der Waals surface area contributed by atoms with Crippen LogP contribution in [-0.2, 0) is 5.60 Å². The highest BCUT2D eigenvalue weighted by Crippen LogP contribution is 2.43. The lowest BCUT2D eigenvalue weighted by atomic mass is 9.89. The summed E-state index contributed by atoms with van der Waals surface area (Å²) in [4.78, 5) is 0. The van der Waals surface area contributed by atoms with Crippen molar-refractivity contribution in [3.8, 4) is 0 Å². The number of hydrogen-bond donors (Lipinski definition) is 1. The Balaban J connectivity index is 2.38. The highest BCUT2D eigenvalue weighted by Gasteiger charge is 2.40. The molecule has 3 heteroatoms. The van der Waals surface area contributed by atoms with Crippen molar-refractivity contribution in [1.82, 2.24) is 0 Å². The Morgan fingerprint density at radius 1 is 1.57 bits per heavy atom. The number of rotatable bonds is 1. The third-order valence-corrected chi connectivity index (χ3v) is 4.41. The first-order chi connectivity index (χ1) is 6.63. The van der Waals surface area contributed by atoms with E-state index in [4.69, 9.17) is 11.6 Å². The van der Waals surface area contributed by atoms with Gasteiger partial charge in [0, 0.05) is 10.3 Å². The van der Waals surface area contributed by atoms with Gasteiger partial charge in [-0.2, -0.15) is 11.8 Å². The van der Waals surface area contributed by atoms with E-state index in [1.807, 2.05) is 36.0 Å². The van der Waals surface area contributed by atoms with Gasteiger partial charge in [-0.05, 0) is 29.9 Å². The molecule has 0 bridgehead atoms. The minimum Gasteiger partial charge on any atom is -0.384 e. The molecule has 2 atom stereocenters. The van der Waals surface area contributed by atoms with E-state index >= 15 is 0 Å². The smallest absolute Gasteiger partial charge is 0.102 e. The van der Waals surface area contributed by atoms with Gasteiger partial charge >= 0.3 is 0 Å². The summed E-state index contributed by atoms with van der Waals surface area (Å²) in [5.41, 5.74) is 0.262. The zero-order chi connectivity index (χ0) is 10.2. The first-order valence-corrected chi connectivity index (χ1v) is 6.15. The van der Waals surface area contributed by atoms with Gasteiger partial charge in [-0.1, -0.05) is 30.7 Å². The van der Waals surface area contributed by atoms with E-state index in [-0.39, 0.29) is 5.25 Å². The van der Waals surface area contributed by atoms with Crippen molar-refractivity contribution in [3.63, 3.8) is 0 Å². The summed E-state index contributed by atoms with van der Waals surface area (Å²) in [5.74, 6) is 1.02. The van der Waals surface area contributed by atoms with Crippen molar-refractivity contribution < 1.29 is 5.11 Å². The maximum absolute atomic E-state index is 10.5. The Labute approximate surface area is 93.5 Å². The van der Waals surface area contributed by atoms with Crippen LogP contribution < -0.4 is 0 Å². The molecule has 2 unspecified atom stereocenters. The molecule has 1 aliphatic rings. The summed E-state index contributed by atoms with van der Waals surface area (Å²) in [6, 6.07) is 7.55. The van der Waals surface area contributed by atoms with Crippen LogP contribution in [-0.4, -0.2) is 16.1 Å². The van der Waals surface area contributed by atoms with Crippen LogP contribution in [0.15, 0.2) is 24.3 Å². The Bertz CT molecular complexity index is 342. The van der Waals surface area contributed by atoms with E-state index < -0.39 is 5.60 Å². The number of benzene rings is 1. The molecule has 1 aliphatic heterocycles. The van der Waals surface area contributed by atoms with E-state index in [9.17, 15) is 5.11 Å². The molecule has 0 spiro atoms. The maximum atomic E-state index is 10.5. The SMILES string of the molecule is CC1SCCC1(O)c1cccc(Cl)c1. The van der Waals surface area contributed by atoms with E-state index in [0.29, 0.717) is 5.02 Å². The Morgan fingerprint density at radius 2 is 2.36 bits per heavy atom. The van der Waals surface area contributed by atoms with Gasteiger partial charge in [-0.3, -0.25) is 0 Å². The molecule has 76 valence electrons. The van der Waals surface area contributed by atoms with Crippen LogP contribution in [0.25, 0.3) is 0 Å². The normalized spacial score (nSPS) is 32.1. The first-order valence-electron chi connectivity index (χ1n) is 4.73. The van der Waals surface area contributed by atoms with Crippen molar-refractivity contribution >= 4 is 23.4 Å². The fourth-order valence-electron chi connectivity index (χ4n) is 1.87. The van der Waals surface area contributed by atoms with Crippen LogP contribution in [0.1, 0.15) is 18.9 Å². The number of hydrogen-bond acceptors (Lipinski definition) is 2. The van der Waals surface area contributed by atoms with Gasteiger partial charge < -0.3 is 5.11 Å². The van der Waals surface area contributed by atoms with Crippen LogP contribution in [0.5, 0.6) is 0 Å². The largest absolute Gasteiger partial charge is 0.384 e. The second-order valence-corrected chi connectivity index (χ2v) is 5.58. The summed E-state index contributed by atoms with van der Waals surface area (Å²) in [5, 5.41) is 11.4. The zero-order valence-corrected chi connectivity index (χ0v) is 9.61. The average Bonchev–Trinajstić information content (AvgIpc) is 2.49. The second-order valence-electron chi connectivity index (χ2n) is 3.70. The van der Waals surface area contributed by atoms with Gasteiger partial charge in [-0.25, -0.2) is 0 Å². The van der Waals surface area contributed by atoms with Gasteiger partial charge in [0.25, 0.3) is 0 Å². The Morgan fingerprint density at radius 3 is 2.93 bits per heavy atom. The molecular weight excluding hydrogens is 216 g/mol. The van der Waals surface area contributed by atoms with E-state index in [2.05, 4.69) is 6.92 Å². The van der Waals surface area contributed by atoms with Crippen molar-refractivity contribution in [2.24, 2.45) is 0 Å². The van der Waals surface area contributed by atoms with Crippen LogP contribution in [0.2, 0.25) is 5.02 Å². The standard InChI is InChI=1S/C11H13ClOS/c1-8-11(13,5-6-14-8)9-3-2-4-10(12)7-9/h2-4,7-8,13H,5-6H2,1H3. The van der Waals surface area contributed by atoms with Crippen molar-refractivity contribution in [1.29, 1.82) is 0 Å². The van der Waals surface area contributed by atoms with Crippen LogP contribution in [0, 0.1) is 0 Å². The molecule has 1 nitrogen and oxygen atoms in total. The summed E-state index contributed by atoms with van der Waals surface area (Å²) in [6.45, 7) is 2.07. The lowest BCUT2D eigenvalue weighted by Crippen LogP contribution is -2.31. The molecule has 2 rings (SSSR count). The fraction of sp³-hybridized carbons (Fsp3) is 0.455. The number of thioether (sulfide) groups is 1. The van der Waals surface area contributed by atoms with Gasteiger partial charge in [0.05, 0.1) is 0 Å². The third kappa shape index (κ3) is 1.67. The summed E-state index contributed by atoms with van der Waals surface area (Å²) >= 11 is 7.73. The quantitative estimate of drug-likeness (QED) is 0.798. The molecule has 0 aromatic heterocycles. The van der Waals surface area contributed by atoms with Gasteiger partial charge in [0.2, 0.25) is 0 Å². The third-order valence-electron chi connectivity index (χ3n) is 2.85. The first kappa shape index (κ1) is 10.3. The van der Waals surface area contributed by atoms with Crippen LogP contribution >= 0.6 is 23.4 Å². The highest BCUT2D eigenvalue weighted by molar-refractivity contribution is 8.00. The van der Waals surface area contributed by atoms with Crippen molar-refractivity contribution in [3.05, 3.63) is 34.9 Å². The highest BCUT2D eigenvalue weighted by atomic mass is 35.5. The zero-order valence-electron chi connectivity index (χ0n) is 8.03. The summed E-state index contributed by atoms with van der Waals surface area (Å²) in [7, 11) is 0. The molecule has 1 N–H and O–H groups in total. The molecule has 1 aromatic rings. The predicted molar refractivity (Wildman–Crippen MR) is 61.9 cm³/mol. The molecule has 1 heterocycles. The summed E-state index contributed by atoms with van der Waals surface area (Å²) in [6.07, 6.45) is 0.819. The van der Waals surface area contributed by atoms with Crippen LogP contribution in [0.3, 0.4) is 0 Å². The monoisotopic (exact) mass is 228 g/mol. The Hall–Kier alpha value is -0.180. The fourth-order valence-corrected chi connectivity index (χ4v) is 3.37. The molecule has 0 aliphatic carbocycles. The second kappa shape index (κ2) is 3.76. The van der Waals surface area contributed by atoms with Gasteiger partial charge in [0.15, 0.2) is 0 Å². The topological polar surface area (TPSA) is 20.2 Å². The van der Waals surface area contributed by atoms with E-state index in [1.54, 1.807) is 0 Å². The molecule has 1 saturated heterocycles. The van der Waals surface area contributed by atoms with Crippen molar-refractivity contribution in [2.45, 2.75) is 24.2 Å². The molecule has 0 amide bonds. The van der Waals surface area contributed by atoms with E-state index in [0.717, 1.165) is 17.7 Å². The predicted octanol–water partition coefficient (Wildman–Crippen LogP) is 3.05. The minimum atomic E-state index is -0.685. The molecule has 0 radical (unpaired) electrons. The van der Waals surface area contributed by atoms with Crippen molar-refractivity contribution in [2.75, 3.05) is 5.75 Å². The molecule has 1 aromatic carbocycles. The van der Waals surface area contributed by atoms with E-state index in [1.165, 1.54) is 0 Å². The molecule has 0 saturated carbocycles. The number of halogens is 1.